The van der Waals surface area contributed by atoms with Gasteiger partial charge in [0, 0.05) is 5.56 Å². The minimum atomic E-state index is 0.339. The molecule has 0 saturated carbocycles. The molecule has 0 atom stereocenters. The van der Waals surface area contributed by atoms with Gasteiger partial charge in [0.2, 0.25) is 5.95 Å². The normalized spacial score (nSPS) is 10.6. The van der Waals surface area contributed by atoms with E-state index in [4.69, 9.17) is 10.9 Å². The first-order valence-corrected chi connectivity index (χ1v) is 9.93. The van der Waals surface area contributed by atoms with Crippen LogP contribution in [-0.2, 0) is 0 Å². The second kappa shape index (κ2) is 8.18. The van der Waals surface area contributed by atoms with Gasteiger partial charge in [0.25, 0.3) is 0 Å². The van der Waals surface area contributed by atoms with Crippen molar-refractivity contribution in [1.82, 2.24) is 24.5 Å². The molecule has 32 heavy (non-hydrogen) atoms. The number of nitrogens with two attached hydrogens (primary N) is 1. The highest BCUT2D eigenvalue weighted by Crippen LogP contribution is 2.34. The molecule has 8 heteroatoms. The number of hydrogen-bond donors (Lipinski definition) is 2. The molecule has 0 aliphatic carbocycles. The number of nitrogens with one attached hydrogen (secondary N) is 1. The van der Waals surface area contributed by atoms with Crippen molar-refractivity contribution >= 4 is 5.95 Å². The van der Waals surface area contributed by atoms with Crippen LogP contribution in [0, 0.1) is 11.3 Å². The summed E-state index contributed by atoms with van der Waals surface area (Å²) in [6, 6.07) is 31.3. The van der Waals surface area contributed by atoms with Gasteiger partial charge in [-0.25, -0.2) is 10.5 Å². The molecule has 0 saturated heterocycles. The lowest BCUT2D eigenvalue weighted by Crippen LogP contribution is -2.13. The van der Waals surface area contributed by atoms with Gasteiger partial charge in [-0.05, 0) is 24.3 Å². The topological polar surface area (TPSA) is 110 Å². The number of anilines is 1. The zero-order valence-electron chi connectivity index (χ0n) is 16.9. The predicted molar refractivity (Wildman–Crippen MR) is 122 cm³/mol. The predicted octanol–water partition coefficient (Wildman–Crippen LogP) is 3.94. The molecule has 3 N–H and O–H groups in total. The van der Waals surface area contributed by atoms with Gasteiger partial charge in [0.05, 0.1) is 17.1 Å². The summed E-state index contributed by atoms with van der Waals surface area (Å²) >= 11 is 0. The molecule has 0 aliphatic heterocycles. The van der Waals surface area contributed by atoms with E-state index in [0.717, 1.165) is 16.9 Å². The standard InChI is InChI=1S/C24H18N8/c25-16-20-21(23-28-29-24(27-26)31(23)18-12-6-2-7-13-18)30-32(19-14-8-3-9-15-19)22(20)17-10-4-1-5-11-17/h1-15H,26H2,(H,27,29). The Hall–Kier alpha value is -4.74. The zero-order chi connectivity index (χ0) is 21.9. The van der Waals surface area contributed by atoms with Crippen molar-refractivity contribution in [3.8, 4) is 40.2 Å². The van der Waals surface area contributed by atoms with Gasteiger partial charge in [0.1, 0.15) is 17.3 Å². The van der Waals surface area contributed by atoms with E-state index in [0.29, 0.717) is 28.7 Å². The van der Waals surface area contributed by atoms with Gasteiger partial charge < -0.3 is 0 Å². The van der Waals surface area contributed by atoms with Crippen molar-refractivity contribution in [2.75, 3.05) is 5.43 Å². The van der Waals surface area contributed by atoms with E-state index < -0.39 is 0 Å². The Kier molecular flexibility index (Phi) is 4.92. The number of para-hydroxylation sites is 2. The monoisotopic (exact) mass is 418 g/mol. The number of aromatic nitrogens is 5. The Labute approximate surface area is 184 Å². The van der Waals surface area contributed by atoms with Crippen LogP contribution in [0.2, 0.25) is 0 Å². The molecule has 0 bridgehead atoms. The van der Waals surface area contributed by atoms with Crippen LogP contribution in [0.15, 0.2) is 91.0 Å². The minimum absolute atomic E-state index is 0.339. The van der Waals surface area contributed by atoms with Crippen LogP contribution in [0.3, 0.4) is 0 Å². The Morgan fingerprint density at radius 1 is 0.781 bits per heavy atom. The quantitative estimate of drug-likeness (QED) is 0.330. The molecule has 0 unspecified atom stereocenters. The molecule has 0 aliphatic rings. The van der Waals surface area contributed by atoms with Crippen LogP contribution in [0.4, 0.5) is 5.95 Å². The van der Waals surface area contributed by atoms with Gasteiger partial charge in [-0.15, -0.1) is 10.2 Å². The maximum atomic E-state index is 10.2. The third kappa shape index (κ3) is 3.19. The van der Waals surface area contributed by atoms with E-state index >= 15 is 0 Å². The SMILES string of the molecule is N#Cc1c(-c2nnc(NN)n2-c2ccccc2)nn(-c2ccccc2)c1-c1ccccc1. The average molecular weight is 418 g/mol. The molecule has 0 amide bonds. The molecule has 154 valence electrons. The molecule has 2 aromatic heterocycles. The van der Waals surface area contributed by atoms with Crippen molar-refractivity contribution in [1.29, 1.82) is 5.26 Å². The largest absolute Gasteiger partial charge is 0.292 e. The summed E-state index contributed by atoms with van der Waals surface area (Å²) in [5, 5.41) is 23.5. The van der Waals surface area contributed by atoms with Gasteiger partial charge in [-0.3, -0.25) is 9.99 Å². The van der Waals surface area contributed by atoms with E-state index in [-0.39, 0.29) is 0 Å². The minimum Gasteiger partial charge on any atom is -0.292 e. The third-order valence-electron chi connectivity index (χ3n) is 5.06. The maximum Gasteiger partial charge on any atom is 0.243 e. The fourth-order valence-electron chi connectivity index (χ4n) is 3.65. The molecule has 8 nitrogen and oxygen atoms in total. The Morgan fingerprint density at radius 2 is 1.38 bits per heavy atom. The Morgan fingerprint density at radius 3 is 1.97 bits per heavy atom. The average Bonchev–Trinajstić information content (AvgIpc) is 3.47. The van der Waals surface area contributed by atoms with Gasteiger partial charge in [0.15, 0.2) is 5.82 Å². The maximum absolute atomic E-state index is 10.2. The number of nitrogen functional groups attached to an aromatic ring is 1. The Bertz CT molecular complexity index is 1400. The lowest BCUT2D eigenvalue weighted by molar-refractivity contribution is 0.883. The molecular formula is C24H18N8. The van der Waals surface area contributed by atoms with E-state index in [1.165, 1.54) is 0 Å². The van der Waals surface area contributed by atoms with Crippen LogP contribution in [0.25, 0.3) is 34.2 Å². The number of hydrazine groups is 1. The molecule has 0 fully saturated rings. The van der Waals surface area contributed by atoms with E-state index in [9.17, 15) is 5.26 Å². The van der Waals surface area contributed by atoms with Gasteiger partial charge >= 0.3 is 0 Å². The fourth-order valence-corrected chi connectivity index (χ4v) is 3.65. The van der Waals surface area contributed by atoms with Crippen LogP contribution in [0.5, 0.6) is 0 Å². The van der Waals surface area contributed by atoms with E-state index in [1.54, 1.807) is 9.25 Å². The molecular weight excluding hydrogens is 400 g/mol. The molecule has 3 aromatic carbocycles. The van der Waals surface area contributed by atoms with Crippen LogP contribution in [0.1, 0.15) is 5.56 Å². The molecule has 0 radical (unpaired) electrons. The van der Waals surface area contributed by atoms with Crippen molar-refractivity contribution in [3.63, 3.8) is 0 Å². The molecule has 2 heterocycles. The first kappa shape index (κ1) is 19.2. The second-order valence-electron chi connectivity index (χ2n) is 6.96. The summed E-state index contributed by atoms with van der Waals surface area (Å²) in [6.07, 6.45) is 0. The highest BCUT2D eigenvalue weighted by atomic mass is 15.4. The number of benzene rings is 3. The van der Waals surface area contributed by atoms with Crippen molar-refractivity contribution < 1.29 is 0 Å². The number of rotatable bonds is 5. The van der Waals surface area contributed by atoms with E-state index in [1.807, 2.05) is 91.0 Å². The number of hydrogen-bond acceptors (Lipinski definition) is 6. The van der Waals surface area contributed by atoms with Gasteiger partial charge in [-0.2, -0.15) is 10.4 Å². The molecule has 5 rings (SSSR count). The smallest absolute Gasteiger partial charge is 0.243 e. The first-order chi connectivity index (χ1) is 15.8. The summed E-state index contributed by atoms with van der Waals surface area (Å²) in [5.41, 5.74) is 6.56. The van der Waals surface area contributed by atoms with Crippen LogP contribution in [-0.4, -0.2) is 24.5 Å². The molecule has 5 aromatic rings. The lowest BCUT2D eigenvalue weighted by atomic mass is 10.1. The van der Waals surface area contributed by atoms with Crippen molar-refractivity contribution in [2.45, 2.75) is 0 Å². The second-order valence-corrected chi connectivity index (χ2v) is 6.96. The highest BCUT2D eigenvalue weighted by molar-refractivity contribution is 5.78. The van der Waals surface area contributed by atoms with Crippen LogP contribution < -0.4 is 11.3 Å². The van der Waals surface area contributed by atoms with E-state index in [2.05, 4.69) is 21.7 Å². The summed E-state index contributed by atoms with van der Waals surface area (Å²) < 4.78 is 3.51. The highest BCUT2D eigenvalue weighted by Gasteiger charge is 2.26. The summed E-state index contributed by atoms with van der Waals surface area (Å²) in [7, 11) is 0. The first-order valence-electron chi connectivity index (χ1n) is 9.93. The fraction of sp³-hybridized carbons (Fsp3) is 0. The summed E-state index contributed by atoms with van der Waals surface area (Å²) in [4.78, 5) is 0. The number of nitriles is 1. The van der Waals surface area contributed by atoms with Crippen molar-refractivity contribution in [3.05, 3.63) is 96.6 Å². The summed E-state index contributed by atoms with van der Waals surface area (Å²) in [6.45, 7) is 0. The van der Waals surface area contributed by atoms with Crippen LogP contribution >= 0.6 is 0 Å². The van der Waals surface area contributed by atoms with Gasteiger partial charge in [-0.1, -0.05) is 66.7 Å². The summed E-state index contributed by atoms with van der Waals surface area (Å²) in [5.74, 6) is 6.45. The molecule has 0 spiro atoms. The third-order valence-corrected chi connectivity index (χ3v) is 5.06. The number of nitrogens with zero attached hydrogens (tertiary/aromatic N) is 6. The zero-order valence-corrected chi connectivity index (χ0v) is 16.9. The Balaban J connectivity index is 1.82. The lowest BCUT2D eigenvalue weighted by Gasteiger charge is -2.08. The van der Waals surface area contributed by atoms with Crippen molar-refractivity contribution in [2.24, 2.45) is 5.84 Å².